The predicted octanol–water partition coefficient (Wildman–Crippen LogP) is 4.75. The Labute approximate surface area is 163 Å². The van der Waals surface area contributed by atoms with Crippen LogP contribution in [0.5, 0.6) is 5.75 Å². The molecule has 0 spiro atoms. The Hall–Kier alpha value is -2.45. The first-order valence-electron chi connectivity index (χ1n) is 7.42. The van der Waals surface area contributed by atoms with Gasteiger partial charge in [-0.3, -0.25) is 4.79 Å². The van der Waals surface area contributed by atoms with Gasteiger partial charge >= 0.3 is 5.97 Å². The number of carbonyl (C=O) groups excluding carboxylic acids is 2. The average molecular weight is 419 g/mol. The largest absolute Gasteiger partial charge is 0.495 e. The zero-order valence-corrected chi connectivity index (χ0v) is 15.9. The van der Waals surface area contributed by atoms with Crippen molar-refractivity contribution in [2.24, 2.45) is 0 Å². The lowest BCUT2D eigenvalue weighted by atomic mass is 10.1. The Morgan fingerprint density at radius 1 is 1.19 bits per heavy atom. The maximum atomic E-state index is 13.1. The molecule has 0 fully saturated rings. The van der Waals surface area contributed by atoms with Gasteiger partial charge < -0.3 is 14.8 Å². The normalized spacial score (nSPS) is 10.7. The number of pyridine rings is 1. The highest BCUT2D eigenvalue weighted by atomic mass is 35.5. The van der Waals surface area contributed by atoms with Gasteiger partial charge in [0.15, 0.2) is 5.69 Å². The van der Waals surface area contributed by atoms with Gasteiger partial charge in [0, 0.05) is 12.5 Å². The maximum absolute atomic E-state index is 13.1. The lowest BCUT2D eigenvalue weighted by Crippen LogP contribution is -2.12. The fourth-order valence-electron chi connectivity index (χ4n) is 2.33. The summed E-state index contributed by atoms with van der Waals surface area (Å²) in [6.07, 6.45) is -2.80. The number of nitrogens with zero attached hydrogens (tertiary/aromatic N) is 1. The smallest absolute Gasteiger partial charge is 0.358 e. The molecule has 1 aromatic heterocycles. The Morgan fingerprint density at radius 2 is 1.85 bits per heavy atom. The Balaban J connectivity index is 2.74. The summed E-state index contributed by atoms with van der Waals surface area (Å²) in [5.74, 6) is -1.51. The van der Waals surface area contributed by atoms with E-state index in [2.05, 4.69) is 15.0 Å². The molecule has 0 radical (unpaired) electrons. The van der Waals surface area contributed by atoms with Gasteiger partial charge in [-0.15, -0.1) is 0 Å². The topological polar surface area (TPSA) is 77.5 Å². The number of benzene rings is 1. The number of aromatic nitrogens is 1. The molecule has 1 amide bonds. The lowest BCUT2D eigenvalue weighted by Gasteiger charge is -2.15. The van der Waals surface area contributed by atoms with Crippen LogP contribution in [-0.4, -0.2) is 31.1 Å². The Kier molecular flexibility index (Phi) is 6.56. The van der Waals surface area contributed by atoms with Crippen LogP contribution in [0.25, 0.3) is 11.3 Å². The van der Waals surface area contributed by atoms with Gasteiger partial charge in [-0.2, -0.15) is 0 Å². The summed E-state index contributed by atoms with van der Waals surface area (Å²) in [5, 5.41) is 2.21. The molecule has 2 rings (SSSR count). The molecular formula is C17H14Cl2F2N2O4. The van der Waals surface area contributed by atoms with E-state index in [4.69, 9.17) is 27.9 Å². The molecule has 1 aromatic carbocycles. The number of alkyl halides is 2. The second-order valence-corrected chi connectivity index (χ2v) is 6.00. The van der Waals surface area contributed by atoms with Crippen molar-refractivity contribution in [1.82, 2.24) is 4.98 Å². The van der Waals surface area contributed by atoms with Crippen molar-refractivity contribution in [2.45, 2.75) is 13.3 Å². The number of methoxy groups -OCH3 is 2. The standard InChI is InChI=1S/C17H14Cl2F2N2O4/c1-7(24)22-11-6-10(23-14(13(11)19)17(25)27-3)8-4-5-9(16(20)21)15(26-2)12(8)18/h4-6,16H,1-3H3,(H,22,23,24). The van der Waals surface area contributed by atoms with Gasteiger partial charge in [0.25, 0.3) is 6.43 Å². The lowest BCUT2D eigenvalue weighted by molar-refractivity contribution is -0.114. The van der Waals surface area contributed by atoms with Crippen LogP contribution in [0, 0.1) is 0 Å². The van der Waals surface area contributed by atoms with E-state index in [1.807, 2.05) is 0 Å². The highest BCUT2D eigenvalue weighted by molar-refractivity contribution is 6.37. The highest BCUT2D eigenvalue weighted by Gasteiger charge is 2.24. The number of hydrogen-bond acceptors (Lipinski definition) is 5. The average Bonchev–Trinajstić information content (AvgIpc) is 2.62. The van der Waals surface area contributed by atoms with Crippen molar-refractivity contribution < 1.29 is 27.8 Å². The molecule has 6 nitrogen and oxygen atoms in total. The zero-order valence-electron chi connectivity index (χ0n) is 14.4. The van der Waals surface area contributed by atoms with Crippen LogP contribution in [0.4, 0.5) is 14.5 Å². The van der Waals surface area contributed by atoms with Crippen LogP contribution in [0.2, 0.25) is 10.0 Å². The minimum Gasteiger partial charge on any atom is -0.495 e. The first kappa shape index (κ1) is 20.9. The van der Waals surface area contributed by atoms with Crippen LogP contribution < -0.4 is 10.1 Å². The second kappa shape index (κ2) is 8.49. The van der Waals surface area contributed by atoms with Crippen LogP contribution >= 0.6 is 23.2 Å². The molecule has 0 aliphatic rings. The minimum absolute atomic E-state index is 0.0857. The molecular weight excluding hydrogens is 405 g/mol. The van der Waals surface area contributed by atoms with E-state index in [0.717, 1.165) is 13.2 Å². The van der Waals surface area contributed by atoms with Gasteiger partial charge in [0.05, 0.1) is 41.2 Å². The van der Waals surface area contributed by atoms with Gasteiger partial charge in [0.1, 0.15) is 5.75 Å². The van der Waals surface area contributed by atoms with E-state index in [0.29, 0.717) is 0 Å². The quantitative estimate of drug-likeness (QED) is 0.709. The van der Waals surface area contributed by atoms with E-state index in [-0.39, 0.29) is 38.4 Å². The zero-order chi connectivity index (χ0) is 20.3. The van der Waals surface area contributed by atoms with Crippen LogP contribution in [-0.2, 0) is 9.53 Å². The van der Waals surface area contributed by atoms with Gasteiger partial charge in [-0.1, -0.05) is 29.3 Å². The van der Waals surface area contributed by atoms with E-state index in [1.165, 1.54) is 26.2 Å². The van der Waals surface area contributed by atoms with Crippen molar-refractivity contribution in [3.05, 3.63) is 39.5 Å². The fourth-order valence-corrected chi connectivity index (χ4v) is 2.90. The number of carbonyl (C=O) groups is 2. The molecule has 10 heteroatoms. The highest BCUT2D eigenvalue weighted by Crippen LogP contribution is 2.42. The number of esters is 1. The van der Waals surface area contributed by atoms with E-state index in [9.17, 15) is 18.4 Å². The minimum atomic E-state index is -2.80. The number of amides is 1. The molecule has 2 aromatic rings. The summed E-state index contributed by atoms with van der Waals surface area (Å²) in [5.41, 5.74) is -0.273. The number of rotatable bonds is 5. The van der Waals surface area contributed by atoms with Crippen LogP contribution in [0.3, 0.4) is 0 Å². The van der Waals surface area contributed by atoms with E-state index < -0.39 is 23.9 Å². The number of nitrogens with one attached hydrogen (secondary N) is 1. The summed E-state index contributed by atoms with van der Waals surface area (Å²) in [6, 6.07) is 3.80. The number of halogens is 4. The van der Waals surface area contributed by atoms with Crippen molar-refractivity contribution in [1.29, 1.82) is 0 Å². The van der Waals surface area contributed by atoms with Crippen molar-refractivity contribution in [3.8, 4) is 17.0 Å². The molecule has 1 N–H and O–H groups in total. The molecule has 0 aliphatic carbocycles. The summed E-state index contributed by atoms with van der Waals surface area (Å²) in [7, 11) is 2.34. The summed E-state index contributed by atoms with van der Waals surface area (Å²) in [4.78, 5) is 27.5. The molecule has 0 atom stereocenters. The monoisotopic (exact) mass is 418 g/mol. The third-order valence-corrected chi connectivity index (χ3v) is 4.25. The molecule has 144 valence electrons. The van der Waals surface area contributed by atoms with E-state index >= 15 is 0 Å². The van der Waals surface area contributed by atoms with Crippen LogP contribution in [0.1, 0.15) is 29.4 Å². The molecule has 27 heavy (non-hydrogen) atoms. The third kappa shape index (κ3) is 4.28. The molecule has 0 saturated carbocycles. The SMILES string of the molecule is COC(=O)c1nc(-c2ccc(C(F)F)c(OC)c2Cl)cc(NC(C)=O)c1Cl. The van der Waals surface area contributed by atoms with Gasteiger partial charge in [-0.05, 0) is 12.1 Å². The second-order valence-electron chi connectivity index (χ2n) is 5.24. The first-order chi connectivity index (χ1) is 12.7. The van der Waals surface area contributed by atoms with Crippen molar-refractivity contribution in [2.75, 3.05) is 19.5 Å². The molecule has 1 heterocycles. The van der Waals surface area contributed by atoms with E-state index in [1.54, 1.807) is 0 Å². The predicted molar refractivity (Wildman–Crippen MR) is 96.8 cm³/mol. The molecule has 0 saturated heterocycles. The van der Waals surface area contributed by atoms with Crippen molar-refractivity contribution in [3.63, 3.8) is 0 Å². The summed E-state index contributed by atoms with van der Waals surface area (Å²) >= 11 is 12.3. The number of anilines is 1. The molecule has 0 aliphatic heterocycles. The van der Waals surface area contributed by atoms with Gasteiger partial charge in [0.2, 0.25) is 5.91 Å². The number of ether oxygens (including phenoxy) is 2. The van der Waals surface area contributed by atoms with Crippen LogP contribution in [0.15, 0.2) is 18.2 Å². The Morgan fingerprint density at radius 3 is 2.37 bits per heavy atom. The first-order valence-corrected chi connectivity index (χ1v) is 8.18. The maximum Gasteiger partial charge on any atom is 0.358 e. The van der Waals surface area contributed by atoms with Crippen molar-refractivity contribution >= 4 is 40.8 Å². The molecule has 0 unspecified atom stereocenters. The number of hydrogen-bond donors (Lipinski definition) is 1. The third-order valence-electron chi connectivity index (χ3n) is 3.49. The summed E-state index contributed by atoms with van der Waals surface area (Å²) < 4.78 is 35.9. The van der Waals surface area contributed by atoms with Gasteiger partial charge in [-0.25, -0.2) is 18.6 Å². The molecule has 0 bridgehead atoms. The Bertz CT molecular complexity index is 907. The summed E-state index contributed by atoms with van der Waals surface area (Å²) in [6.45, 7) is 1.25. The fraction of sp³-hybridized carbons (Fsp3) is 0.235.